The molecule has 0 bridgehead atoms. The van der Waals surface area contributed by atoms with Crippen LogP contribution in [0.25, 0.3) is 0 Å². The Morgan fingerprint density at radius 3 is 2.64 bits per heavy atom. The first-order valence-electron chi connectivity index (χ1n) is 7.90. The summed E-state index contributed by atoms with van der Waals surface area (Å²) in [5.74, 6) is 0. The summed E-state index contributed by atoms with van der Waals surface area (Å²) in [6.07, 6.45) is 0.456. The number of alkyl halides is 1. The summed E-state index contributed by atoms with van der Waals surface area (Å²) < 4.78 is 26.6. The highest BCUT2D eigenvalue weighted by Crippen LogP contribution is 2.35. The van der Waals surface area contributed by atoms with Crippen molar-refractivity contribution in [1.29, 1.82) is 0 Å². The van der Waals surface area contributed by atoms with E-state index in [2.05, 4.69) is 31.4 Å². The Morgan fingerprint density at radius 1 is 1.24 bits per heavy atom. The number of hydrogen-bond donors (Lipinski definition) is 3. The molecule has 0 aromatic heterocycles. The minimum Gasteiger partial charge on any atom is -0.381 e. The molecule has 1 unspecified atom stereocenters. The van der Waals surface area contributed by atoms with Gasteiger partial charge >= 0.3 is 0 Å². The van der Waals surface area contributed by atoms with Gasteiger partial charge in [-0.3, -0.25) is 4.84 Å². The first-order chi connectivity index (χ1) is 12.0. The number of nitrogens with one attached hydrogen (secondary N) is 3. The lowest BCUT2D eigenvalue weighted by Gasteiger charge is -2.17. The van der Waals surface area contributed by atoms with E-state index in [1.54, 1.807) is 18.2 Å². The zero-order valence-corrected chi connectivity index (χ0v) is 16.1. The monoisotopic (exact) mass is 425 g/mol. The Kier molecular flexibility index (Phi) is 5.75. The molecule has 0 spiro atoms. The second-order valence-electron chi connectivity index (χ2n) is 5.72. The van der Waals surface area contributed by atoms with Gasteiger partial charge in [-0.25, -0.2) is 13.1 Å². The maximum absolute atomic E-state index is 12.1. The smallest absolute Gasteiger partial charge is 0.240 e. The molecular formula is C17H20BrN3O3S. The van der Waals surface area contributed by atoms with Gasteiger partial charge in [-0.1, -0.05) is 46.3 Å². The summed E-state index contributed by atoms with van der Waals surface area (Å²) in [6, 6.07) is 15.1. The first kappa shape index (κ1) is 18.3. The van der Waals surface area contributed by atoms with Gasteiger partial charge in [-0.15, -0.1) is 0 Å². The Morgan fingerprint density at radius 2 is 2.00 bits per heavy atom. The molecule has 3 rings (SSSR count). The number of hydroxylamine groups is 1. The second-order valence-corrected chi connectivity index (χ2v) is 8.72. The van der Waals surface area contributed by atoms with Crippen LogP contribution in [0.4, 0.5) is 5.69 Å². The first-order valence-corrected chi connectivity index (χ1v) is 10.3. The van der Waals surface area contributed by atoms with Crippen LogP contribution in [0.1, 0.15) is 23.7 Å². The van der Waals surface area contributed by atoms with Gasteiger partial charge in [0, 0.05) is 24.2 Å². The quantitative estimate of drug-likeness (QED) is 0.489. The molecule has 0 aliphatic carbocycles. The molecule has 25 heavy (non-hydrogen) atoms. The van der Waals surface area contributed by atoms with Crippen molar-refractivity contribution in [2.24, 2.45) is 0 Å². The summed E-state index contributed by atoms with van der Waals surface area (Å²) in [4.78, 5) is 5.84. The minimum absolute atomic E-state index is 0.0315. The van der Waals surface area contributed by atoms with E-state index in [-0.39, 0.29) is 16.0 Å². The number of anilines is 1. The number of halogens is 1. The molecule has 1 aliphatic rings. The van der Waals surface area contributed by atoms with Crippen LogP contribution in [0.2, 0.25) is 0 Å². The minimum atomic E-state index is -3.51. The molecule has 0 saturated carbocycles. The summed E-state index contributed by atoms with van der Waals surface area (Å²) in [5.41, 5.74) is 5.67. The zero-order chi connectivity index (χ0) is 17.9. The zero-order valence-electron chi connectivity index (χ0n) is 13.7. The molecule has 0 radical (unpaired) electrons. The van der Waals surface area contributed by atoms with Crippen LogP contribution >= 0.6 is 15.9 Å². The number of sulfonamides is 1. The Bertz CT molecular complexity index is 830. The molecule has 3 N–H and O–H groups in total. The summed E-state index contributed by atoms with van der Waals surface area (Å²) in [5, 5.41) is 3.38. The van der Waals surface area contributed by atoms with E-state index < -0.39 is 10.0 Å². The van der Waals surface area contributed by atoms with Crippen molar-refractivity contribution < 1.29 is 13.3 Å². The van der Waals surface area contributed by atoms with Gasteiger partial charge in [0.25, 0.3) is 0 Å². The van der Waals surface area contributed by atoms with E-state index in [0.29, 0.717) is 13.0 Å². The molecule has 1 saturated heterocycles. The fraction of sp³-hybridized carbons (Fsp3) is 0.294. The van der Waals surface area contributed by atoms with E-state index in [1.807, 2.05) is 30.3 Å². The summed E-state index contributed by atoms with van der Waals surface area (Å²) in [7, 11) is -2.11. The molecule has 1 fully saturated rings. The van der Waals surface area contributed by atoms with Crippen molar-refractivity contribution in [3.8, 4) is 0 Å². The Labute approximate surface area is 156 Å². The van der Waals surface area contributed by atoms with E-state index in [9.17, 15) is 8.42 Å². The van der Waals surface area contributed by atoms with E-state index in [1.165, 1.54) is 7.05 Å². The van der Waals surface area contributed by atoms with Gasteiger partial charge in [0.05, 0.1) is 9.85 Å². The molecule has 1 aliphatic heterocycles. The van der Waals surface area contributed by atoms with Gasteiger partial charge in [-0.2, -0.15) is 5.48 Å². The number of hydrogen-bond acceptors (Lipinski definition) is 5. The Balaban J connectivity index is 1.90. The third-order valence-electron chi connectivity index (χ3n) is 4.03. The molecule has 1 heterocycles. The lowest BCUT2D eigenvalue weighted by molar-refractivity contribution is 0.0322. The maximum atomic E-state index is 12.1. The van der Waals surface area contributed by atoms with E-state index in [0.717, 1.165) is 16.8 Å². The van der Waals surface area contributed by atoms with Crippen molar-refractivity contribution in [3.05, 3.63) is 59.7 Å². The fourth-order valence-electron chi connectivity index (χ4n) is 2.68. The normalized spacial score (nSPS) is 20.6. The van der Waals surface area contributed by atoms with Crippen LogP contribution in [0, 0.1) is 0 Å². The van der Waals surface area contributed by atoms with Gasteiger partial charge in [-0.05, 0) is 30.8 Å². The van der Waals surface area contributed by atoms with E-state index in [4.69, 9.17) is 4.84 Å². The standard InChI is InChI=1S/C17H20BrN3O3S/c1-19-25(22,23)13-7-8-15(20-11-12-5-3-2-4-6-12)14(9-13)16-10-17(18)21-24-16/h2-9,16-17,19-21H,10-11H2,1H3/t16-,17?/m1/s1. The van der Waals surface area contributed by atoms with Gasteiger partial charge in [0.1, 0.15) is 6.10 Å². The van der Waals surface area contributed by atoms with Crippen molar-refractivity contribution in [2.45, 2.75) is 28.9 Å². The molecule has 2 atom stereocenters. The van der Waals surface area contributed by atoms with Crippen LogP contribution < -0.4 is 15.5 Å². The topological polar surface area (TPSA) is 79.5 Å². The van der Waals surface area contributed by atoms with Gasteiger partial charge in [0.15, 0.2) is 0 Å². The summed E-state index contributed by atoms with van der Waals surface area (Å²) >= 11 is 3.46. The highest BCUT2D eigenvalue weighted by molar-refractivity contribution is 9.09. The number of benzene rings is 2. The largest absolute Gasteiger partial charge is 0.381 e. The van der Waals surface area contributed by atoms with Gasteiger partial charge < -0.3 is 5.32 Å². The molecule has 134 valence electrons. The average Bonchev–Trinajstić information content (AvgIpc) is 3.07. The highest BCUT2D eigenvalue weighted by Gasteiger charge is 2.28. The Hall–Kier alpha value is -1.45. The third-order valence-corrected chi connectivity index (χ3v) is 6.01. The van der Waals surface area contributed by atoms with Gasteiger partial charge in [0.2, 0.25) is 10.0 Å². The average molecular weight is 426 g/mol. The predicted molar refractivity (Wildman–Crippen MR) is 101 cm³/mol. The highest BCUT2D eigenvalue weighted by atomic mass is 79.9. The van der Waals surface area contributed by atoms with Crippen molar-refractivity contribution in [2.75, 3.05) is 12.4 Å². The van der Waals surface area contributed by atoms with Crippen LogP contribution in [-0.2, 0) is 21.4 Å². The maximum Gasteiger partial charge on any atom is 0.240 e. The fourth-order valence-corrected chi connectivity index (χ4v) is 3.89. The van der Waals surface area contributed by atoms with Crippen molar-refractivity contribution in [3.63, 3.8) is 0 Å². The SMILES string of the molecule is CNS(=O)(=O)c1ccc(NCc2ccccc2)c([C@H]2CC(Br)NO2)c1. The van der Waals surface area contributed by atoms with Crippen LogP contribution in [0.15, 0.2) is 53.4 Å². The summed E-state index contributed by atoms with van der Waals surface area (Å²) in [6.45, 7) is 0.643. The predicted octanol–water partition coefficient (Wildman–Crippen LogP) is 2.89. The molecule has 6 nitrogen and oxygen atoms in total. The van der Waals surface area contributed by atoms with Crippen LogP contribution in [0.3, 0.4) is 0 Å². The van der Waals surface area contributed by atoms with Crippen molar-refractivity contribution in [1.82, 2.24) is 10.2 Å². The molecular weight excluding hydrogens is 406 g/mol. The second kappa shape index (κ2) is 7.84. The lowest BCUT2D eigenvalue weighted by Crippen LogP contribution is -2.19. The number of rotatable bonds is 6. The molecule has 2 aromatic carbocycles. The molecule has 8 heteroatoms. The lowest BCUT2D eigenvalue weighted by atomic mass is 10.0. The van der Waals surface area contributed by atoms with Crippen LogP contribution in [-0.4, -0.2) is 20.4 Å². The third kappa shape index (κ3) is 4.39. The van der Waals surface area contributed by atoms with E-state index >= 15 is 0 Å². The van der Waals surface area contributed by atoms with Crippen molar-refractivity contribution >= 4 is 31.6 Å². The molecule has 2 aromatic rings. The molecule has 0 amide bonds. The van der Waals surface area contributed by atoms with Crippen LogP contribution in [0.5, 0.6) is 0 Å².